The highest BCUT2D eigenvalue weighted by molar-refractivity contribution is 5.37. The zero-order valence-corrected chi connectivity index (χ0v) is 12.5. The summed E-state index contributed by atoms with van der Waals surface area (Å²) in [6, 6.07) is 8.48. The Morgan fingerprint density at radius 1 is 1.45 bits per heavy atom. The third-order valence-electron chi connectivity index (χ3n) is 4.16. The van der Waals surface area contributed by atoms with Crippen LogP contribution in [0.3, 0.4) is 0 Å². The Morgan fingerprint density at radius 3 is 2.95 bits per heavy atom. The van der Waals surface area contributed by atoms with Crippen LogP contribution in [0.1, 0.15) is 44.1 Å². The normalized spacial score (nSPS) is 20.9. The van der Waals surface area contributed by atoms with Crippen LogP contribution in [0, 0.1) is 0 Å². The quantitative estimate of drug-likeness (QED) is 0.594. The lowest BCUT2D eigenvalue weighted by Crippen LogP contribution is -2.46. The second-order valence-corrected chi connectivity index (χ2v) is 5.44. The first-order valence-electron chi connectivity index (χ1n) is 7.50. The van der Waals surface area contributed by atoms with E-state index >= 15 is 0 Å². The van der Waals surface area contributed by atoms with Gasteiger partial charge in [-0.2, -0.15) is 0 Å². The number of methoxy groups -OCH3 is 1. The summed E-state index contributed by atoms with van der Waals surface area (Å²) < 4.78 is 11.3. The van der Waals surface area contributed by atoms with Gasteiger partial charge in [0, 0.05) is 13.2 Å². The van der Waals surface area contributed by atoms with Crippen molar-refractivity contribution in [1.82, 2.24) is 5.43 Å². The van der Waals surface area contributed by atoms with Crippen LogP contribution in [0.4, 0.5) is 0 Å². The van der Waals surface area contributed by atoms with Gasteiger partial charge in [-0.25, -0.2) is 0 Å². The van der Waals surface area contributed by atoms with E-state index < -0.39 is 0 Å². The standard InChI is InChI=1S/C16H26N2O2/c1-3-6-16(19-2)14(18-17)11-12-9-10-20-15-8-5-4-7-13(12)15/h4-5,7-8,12,14,16,18H,3,6,9-11,17H2,1-2H3. The van der Waals surface area contributed by atoms with Gasteiger partial charge in [0.2, 0.25) is 0 Å². The molecule has 1 aromatic rings. The van der Waals surface area contributed by atoms with Crippen molar-refractivity contribution in [3.05, 3.63) is 29.8 Å². The molecule has 0 aromatic heterocycles. The topological polar surface area (TPSA) is 56.5 Å². The highest BCUT2D eigenvalue weighted by atomic mass is 16.5. The summed E-state index contributed by atoms with van der Waals surface area (Å²) in [5.41, 5.74) is 4.25. The fraction of sp³-hybridized carbons (Fsp3) is 0.625. The minimum absolute atomic E-state index is 0.167. The Hall–Kier alpha value is -1.10. The van der Waals surface area contributed by atoms with Crippen molar-refractivity contribution in [3.8, 4) is 5.75 Å². The Morgan fingerprint density at radius 2 is 2.25 bits per heavy atom. The molecule has 0 radical (unpaired) electrons. The summed E-state index contributed by atoms with van der Waals surface area (Å²) in [5.74, 6) is 7.25. The number of nitrogens with one attached hydrogen (secondary N) is 1. The zero-order chi connectivity index (χ0) is 14.4. The van der Waals surface area contributed by atoms with E-state index in [4.69, 9.17) is 15.3 Å². The maximum atomic E-state index is 5.76. The van der Waals surface area contributed by atoms with E-state index in [0.717, 1.165) is 38.0 Å². The molecular formula is C16H26N2O2. The van der Waals surface area contributed by atoms with Gasteiger partial charge >= 0.3 is 0 Å². The Kier molecular flexibility index (Phi) is 5.83. The number of para-hydroxylation sites is 1. The number of hydrazine groups is 1. The minimum atomic E-state index is 0.167. The molecule has 3 unspecified atom stereocenters. The van der Waals surface area contributed by atoms with Crippen LogP contribution in [0.25, 0.3) is 0 Å². The maximum Gasteiger partial charge on any atom is 0.122 e. The van der Waals surface area contributed by atoms with Crippen LogP contribution in [0.2, 0.25) is 0 Å². The van der Waals surface area contributed by atoms with Crippen molar-refractivity contribution >= 4 is 0 Å². The number of rotatable bonds is 7. The molecule has 112 valence electrons. The molecule has 0 saturated heterocycles. The third-order valence-corrected chi connectivity index (χ3v) is 4.16. The van der Waals surface area contributed by atoms with Gasteiger partial charge in [0.1, 0.15) is 5.75 Å². The first kappa shape index (κ1) is 15.3. The molecule has 0 saturated carbocycles. The smallest absolute Gasteiger partial charge is 0.122 e. The van der Waals surface area contributed by atoms with Gasteiger partial charge in [-0.15, -0.1) is 0 Å². The Labute approximate surface area is 121 Å². The van der Waals surface area contributed by atoms with Gasteiger partial charge in [-0.3, -0.25) is 11.3 Å². The number of nitrogens with two attached hydrogens (primary N) is 1. The lowest BCUT2D eigenvalue weighted by Gasteiger charge is -2.32. The first-order valence-corrected chi connectivity index (χ1v) is 7.50. The number of benzene rings is 1. The SMILES string of the molecule is CCCC(OC)C(CC1CCOc2ccccc21)NN. The van der Waals surface area contributed by atoms with E-state index in [2.05, 4.69) is 24.5 Å². The molecule has 1 aromatic carbocycles. The number of ether oxygens (including phenoxy) is 2. The molecule has 4 heteroatoms. The molecule has 20 heavy (non-hydrogen) atoms. The fourth-order valence-electron chi connectivity index (χ4n) is 3.06. The molecule has 0 spiro atoms. The van der Waals surface area contributed by atoms with Crippen molar-refractivity contribution in [2.45, 2.75) is 50.7 Å². The van der Waals surface area contributed by atoms with E-state index in [0.29, 0.717) is 5.92 Å². The number of fused-ring (bicyclic) bond motifs is 1. The molecule has 1 aliphatic heterocycles. The molecule has 1 heterocycles. The molecule has 0 bridgehead atoms. The highest BCUT2D eigenvalue weighted by Gasteiger charge is 2.27. The average Bonchev–Trinajstić information content (AvgIpc) is 2.50. The number of hydrogen-bond donors (Lipinski definition) is 2. The molecule has 1 aliphatic rings. The second-order valence-electron chi connectivity index (χ2n) is 5.44. The van der Waals surface area contributed by atoms with Crippen molar-refractivity contribution < 1.29 is 9.47 Å². The molecular weight excluding hydrogens is 252 g/mol. The summed E-state index contributed by atoms with van der Waals surface area (Å²) in [5, 5.41) is 0. The molecule has 3 N–H and O–H groups in total. The van der Waals surface area contributed by atoms with Crippen LogP contribution in [-0.2, 0) is 4.74 Å². The first-order chi connectivity index (χ1) is 9.80. The highest BCUT2D eigenvalue weighted by Crippen LogP contribution is 2.36. The minimum Gasteiger partial charge on any atom is -0.493 e. The lowest BCUT2D eigenvalue weighted by atomic mass is 9.85. The summed E-state index contributed by atoms with van der Waals surface area (Å²) in [4.78, 5) is 0. The summed E-state index contributed by atoms with van der Waals surface area (Å²) >= 11 is 0. The van der Waals surface area contributed by atoms with Crippen molar-refractivity contribution in [2.75, 3.05) is 13.7 Å². The zero-order valence-electron chi connectivity index (χ0n) is 12.5. The third kappa shape index (κ3) is 3.51. The Bertz CT molecular complexity index is 411. The van der Waals surface area contributed by atoms with Gasteiger partial charge in [-0.05, 0) is 36.8 Å². The van der Waals surface area contributed by atoms with E-state index in [1.165, 1.54) is 5.56 Å². The van der Waals surface area contributed by atoms with E-state index in [9.17, 15) is 0 Å². The van der Waals surface area contributed by atoms with Gasteiger partial charge < -0.3 is 9.47 Å². The summed E-state index contributed by atoms with van der Waals surface area (Å²) in [6.45, 7) is 2.95. The maximum absolute atomic E-state index is 5.76. The molecule has 0 amide bonds. The molecule has 4 nitrogen and oxygen atoms in total. The lowest BCUT2D eigenvalue weighted by molar-refractivity contribution is 0.0541. The van der Waals surface area contributed by atoms with Gasteiger partial charge in [0.05, 0.1) is 12.7 Å². The van der Waals surface area contributed by atoms with Crippen LogP contribution in [-0.4, -0.2) is 25.9 Å². The van der Waals surface area contributed by atoms with Crippen molar-refractivity contribution in [1.29, 1.82) is 0 Å². The predicted molar refractivity (Wildman–Crippen MR) is 80.7 cm³/mol. The second kappa shape index (κ2) is 7.62. The summed E-state index contributed by atoms with van der Waals surface area (Å²) in [7, 11) is 1.77. The molecule has 0 fully saturated rings. The van der Waals surface area contributed by atoms with Crippen LogP contribution < -0.4 is 16.0 Å². The van der Waals surface area contributed by atoms with Crippen molar-refractivity contribution in [3.63, 3.8) is 0 Å². The van der Waals surface area contributed by atoms with Crippen LogP contribution in [0.5, 0.6) is 5.75 Å². The number of hydrogen-bond acceptors (Lipinski definition) is 4. The summed E-state index contributed by atoms with van der Waals surface area (Å²) in [6.07, 6.45) is 4.31. The molecule has 2 rings (SSSR count). The van der Waals surface area contributed by atoms with Crippen LogP contribution >= 0.6 is 0 Å². The van der Waals surface area contributed by atoms with Gasteiger partial charge in [-0.1, -0.05) is 31.5 Å². The van der Waals surface area contributed by atoms with Gasteiger partial charge in [0.15, 0.2) is 0 Å². The Balaban J connectivity index is 2.08. The fourth-order valence-corrected chi connectivity index (χ4v) is 3.06. The molecule has 3 atom stereocenters. The van der Waals surface area contributed by atoms with E-state index in [1.54, 1.807) is 7.11 Å². The average molecular weight is 278 g/mol. The molecule has 0 aliphatic carbocycles. The predicted octanol–water partition coefficient (Wildman–Crippen LogP) is 2.59. The van der Waals surface area contributed by atoms with E-state index in [1.807, 2.05) is 12.1 Å². The monoisotopic (exact) mass is 278 g/mol. The van der Waals surface area contributed by atoms with E-state index in [-0.39, 0.29) is 12.1 Å². The van der Waals surface area contributed by atoms with Crippen molar-refractivity contribution in [2.24, 2.45) is 5.84 Å². The van der Waals surface area contributed by atoms with Crippen LogP contribution in [0.15, 0.2) is 24.3 Å². The van der Waals surface area contributed by atoms with Gasteiger partial charge in [0.25, 0.3) is 0 Å². The largest absolute Gasteiger partial charge is 0.493 e.